The summed E-state index contributed by atoms with van der Waals surface area (Å²) in [5.41, 5.74) is 3.17. The van der Waals surface area contributed by atoms with Gasteiger partial charge in [0.15, 0.2) is 0 Å². The predicted molar refractivity (Wildman–Crippen MR) is 102 cm³/mol. The van der Waals surface area contributed by atoms with Crippen LogP contribution in [0.2, 0.25) is 5.02 Å². The van der Waals surface area contributed by atoms with Gasteiger partial charge in [-0.15, -0.1) is 0 Å². The van der Waals surface area contributed by atoms with Gasteiger partial charge in [0.1, 0.15) is 5.82 Å². The molecular formula is C20H22ClN3O. The number of hydrogen-bond donors (Lipinski definition) is 1. The zero-order chi connectivity index (χ0) is 17.6. The van der Waals surface area contributed by atoms with Crippen LogP contribution in [0.4, 0.5) is 0 Å². The normalized spacial score (nSPS) is 11.0. The fourth-order valence-electron chi connectivity index (χ4n) is 2.98. The summed E-state index contributed by atoms with van der Waals surface area (Å²) >= 11 is 6.11. The van der Waals surface area contributed by atoms with Crippen LogP contribution in [0.25, 0.3) is 11.0 Å². The predicted octanol–water partition coefficient (Wildman–Crippen LogP) is 4.14. The Bertz CT molecular complexity index is 872. The molecule has 1 N–H and O–H groups in total. The van der Waals surface area contributed by atoms with Crippen LogP contribution in [0.3, 0.4) is 0 Å². The summed E-state index contributed by atoms with van der Waals surface area (Å²) < 4.78 is 2.20. The van der Waals surface area contributed by atoms with Crippen molar-refractivity contribution in [2.75, 3.05) is 6.54 Å². The van der Waals surface area contributed by atoms with E-state index in [0.29, 0.717) is 19.4 Å². The van der Waals surface area contributed by atoms with E-state index < -0.39 is 0 Å². The highest BCUT2D eigenvalue weighted by Crippen LogP contribution is 2.17. The Balaban J connectivity index is 1.44. The average Bonchev–Trinajstić information content (AvgIpc) is 2.93. The van der Waals surface area contributed by atoms with E-state index in [1.165, 1.54) is 0 Å². The van der Waals surface area contributed by atoms with Crippen molar-refractivity contribution < 1.29 is 4.79 Å². The molecule has 3 rings (SSSR count). The third-order valence-electron chi connectivity index (χ3n) is 4.31. The molecule has 0 saturated heterocycles. The zero-order valence-corrected chi connectivity index (χ0v) is 15.1. The molecule has 0 fully saturated rings. The first-order chi connectivity index (χ1) is 12.1. The lowest BCUT2D eigenvalue weighted by Gasteiger charge is -2.09. The minimum absolute atomic E-state index is 0.0622. The molecule has 4 nitrogen and oxygen atoms in total. The smallest absolute Gasteiger partial charge is 0.220 e. The van der Waals surface area contributed by atoms with E-state index >= 15 is 0 Å². The molecule has 1 aromatic heterocycles. The first kappa shape index (κ1) is 17.5. The number of para-hydroxylation sites is 2. The van der Waals surface area contributed by atoms with Crippen molar-refractivity contribution >= 4 is 28.5 Å². The van der Waals surface area contributed by atoms with Crippen LogP contribution in [-0.4, -0.2) is 22.0 Å². The quantitative estimate of drug-likeness (QED) is 0.647. The second-order valence-electron chi connectivity index (χ2n) is 6.09. The number of fused-ring (bicyclic) bond motifs is 1. The Morgan fingerprint density at radius 2 is 1.92 bits per heavy atom. The maximum absolute atomic E-state index is 12.0. The van der Waals surface area contributed by atoms with Crippen molar-refractivity contribution in [3.05, 3.63) is 64.9 Å². The van der Waals surface area contributed by atoms with Gasteiger partial charge in [-0.2, -0.15) is 0 Å². The van der Waals surface area contributed by atoms with Gasteiger partial charge in [-0.3, -0.25) is 4.79 Å². The molecule has 0 bridgehead atoms. The fraction of sp³-hybridized carbons (Fsp3) is 0.300. The van der Waals surface area contributed by atoms with Gasteiger partial charge in [-0.1, -0.05) is 41.9 Å². The summed E-state index contributed by atoms with van der Waals surface area (Å²) in [6.07, 6.45) is 1.99. The number of hydrogen-bond acceptors (Lipinski definition) is 2. The molecule has 0 saturated carbocycles. The molecule has 0 aliphatic carbocycles. The number of rotatable bonds is 7. The van der Waals surface area contributed by atoms with E-state index in [2.05, 4.69) is 20.9 Å². The maximum atomic E-state index is 12.0. The fourth-order valence-corrected chi connectivity index (χ4v) is 3.21. The lowest BCUT2D eigenvalue weighted by atomic mass is 10.1. The summed E-state index contributed by atoms with van der Waals surface area (Å²) in [4.78, 5) is 16.6. The molecule has 0 aliphatic rings. The number of amides is 1. The van der Waals surface area contributed by atoms with Gasteiger partial charge in [-0.25, -0.2) is 4.98 Å². The molecule has 25 heavy (non-hydrogen) atoms. The van der Waals surface area contributed by atoms with Gasteiger partial charge in [0, 0.05) is 24.5 Å². The summed E-state index contributed by atoms with van der Waals surface area (Å²) in [7, 11) is 0. The maximum Gasteiger partial charge on any atom is 0.220 e. The molecule has 5 heteroatoms. The molecule has 1 amide bonds. The number of benzene rings is 2. The van der Waals surface area contributed by atoms with Gasteiger partial charge in [0.2, 0.25) is 5.91 Å². The summed E-state index contributed by atoms with van der Waals surface area (Å²) in [5.74, 6) is 1.07. The molecule has 0 spiro atoms. The van der Waals surface area contributed by atoms with Crippen LogP contribution < -0.4 is 5.32 Å². The molecule has 0 aliphatic heterocycles. The van der Waals surface area contributed by atoms with Crippen molar-refractivity contribution in [3.8, 4) is 0 Å². The number of halogens is 1. The lowest BCUT2D eigenvalue weighted by molar-refractivity contribution is -0.121. The van der Waals surface area contributed by atoms with Crippen molar-refractivity contribution in [3.63, 3.8) is 0 Å². The Morgan fingerprint density at radius 3 is 2.76 bits per heavy atom. The Hall–Kier alpha value is -2.33. The van der Waals surface area contributed by atoms with E-state index in [-0.39, 0.29) is 5.91 Å². The standard InChI is InChI=1S/C20H22ClN3O/c1-15-23-18-9-4-5-10-19(18)24(15)14-6-13-22-20(25)12-11-16-7-2-3-8-17(16)21/h2-5,7-10H,6,11-14H2,1H3,(H,22,25). The van der Waals surface area contributed by atoms with Gasteiger partial charge >= 0.3 is 0 Å². The van der Waals surface area contributed by atoms with Crippen LogP contribution in [0.15, 0.2) is 48.5 Å². The third-order valence-corrected chi connectivity index (χ3v) is 4.67. The zero-order valence-electron chi connectivity index (χ0n) is 14.3. The monoisotopic (exact) mass is 355 g/mol. The van der Waals surface area contributed by atoms with Gasteiger partial charge in [0.25, 0.3) is 0 Å². The number of carbonyl (C=O) groups is 1. The lowest BCUT2D eigenvalue weighted by Crippen LogP contribution is -2.25. The van der Waals surface area contributed by atoms with E-state index in [1.54, 1.807) is 0 Å². The topological polar surface area (TPSA) is 46.9 Å². The Morgan fingerprint density at radius 1 is 1.16 bits per heavy atom. The van der Waals surface area contributed by atoms with Gasteiger partial charge < -0.3 is 9.88 Å². The van der Waals surface area contributed by atoms with Crippen molar-refractivity contribution in [1.82, 2.24) is 14.9 Å². The van der Waals surface area contributed by atoms with E-state index in [0.717, 1.165) is 40.4 Å². The largest absolute Gasteiger partial charge is 0.356 e. The van der Waals surface area contributed by atoms with Crippen LogP contribution >= 0.6 is 11.6 Å². The summed E-state index contributed by atoms with van der Waals surface area (Å²) in [5, 5.41) is 3.71. The van der Waals surface area contributed by atoms with E-state index in [4.69, 9.17) is 11.6 Å². The summed E-state index contributed by atoms with van der Waals surface area (Å²) in [6, 6.07) is 15.8. The Labute approximate surface area is 152 Å². The van der Waals surface area contributed by atoms with Crippen molar-refractivity contribution in [2.24, 2.45) is 0 Å². The van der Waals surface area contributed by atoms with Crippen LogP contribution in [-0.2, 0) is 17.8 Å². The number of aromatic nitrogens is 2. The second-order valence-corrected chi connectivity index (χ2v) is 6.50. The minimum Gasteiger partial charge on any atom is -0.356 e. The highest BCUT2D eigenvalue weighted by molar-refractivity contribution is 6.31. The van der Waals surface area contributed by atoms with Crippen molar-refractivity contribution in [1.29, 1.82) is 0 Å². The molecule has 0 atom stereocenters. The van der Waals surface area contributed by atoms with Crippen LogP contribution in [0.5, 0.6) is 0 Å². The molecule has 0 radical (unpaired) electrons. The number of nitrogens with one attached hydrogen (secondary N) is 1. The number of imidazole rings is 1. The number of carbonyl (C=O) groups excluding carboxylic acids is 1. The highest BCUT2D eigenvalue weighted by atomic mass is 35.5. The van der Waals surface area contributed by atoms with Gasteiger partial charge in [0.05, 0.1) is 11.0 Å². The first-order valence-corrected chi connectivity index (χ1v) is 8.95. The average molecular weight is 356 g/mol. The minimum atomic E-state index is 0.0622. The molecule has 0 unspecified atom stereocenters. The van der Waals surface area contributed by atoms with E-state index in [1.807, 2.05) is 49.4 Å². The molecular weight excluding hydrogens is 334 g/mol. The second kappa shape index (κ2) is 8.17. The molecule has 130 valence electrons. The first-order valence-electron chi connectivity index (χ1n) is 8.57. The SMILES string of the molecule is Cc1nc2ccccc2n1CCCNC(=O)CCc1ccccc1Cl. The highest BCUT2D eigenvalue weighted by Gasteiger charge is 2.07. The van der Waals surface area contributed by atoms with Crippen LogP contribution in [0, 0.1) is 6.92 Å². The molecule has 2 aromatic carbocycles. The number of nitrogens with zero attached hydrogens (tertiary/aromatic N) is 2. The summed E-state index contributed by atoms with van der Waals surface area (Å²) in [6.45, 7) is 3.52. The molecule has 3 aromatic rings. The molecule has 1 heterocycles. The van der Waals surface area contributed by atoms with E-state index in [9.17, 15) is 4.79 Å². The number of aryl methyl sites for hydroxylation is 3. The van der Waals surface area contributed by atoms with Crippen LogP contribution in [0.1, 0.15) is 24.2 Å². The van der Waals surface area contributed by atoms with Crippen molar-refractivity contribution in [2.45, 2.75) is 32.7 Å². The Kier molecular flexibility index (Phi) is 5.71. The van der Waals surface area contributed by atoms with Gasteiger partial charge in [-0.05, 0) is 43.5 Å². The third kappa shape index (κ3) is 4.40.